The molecule has 1 spiro atoms. The highest BCUT2D eigenvalue weighted by Gasteiger charge is 2.48. The van der Waals surface area contributed by atoms with Gasteiger partial charge in [0.2, 0.25) is 5.91 Å². The lowest BCUT2D eigenvalue weighted by Gasteiger charge is -2.48. The Morgan fingerprint density at radius 2 is 2.18 bits per heavy atom. The van der Waals surface area contributed by atoms with Gasteiger partial charge in [0.25, 0.3) is 0 Å². The van der Waals surface area contributed by atoms with Gasteiger partial charge in [0.05, 0.1) is 24.5 Å². The van der Waals surface area contributed by atoms with Crippen LogP contribution in [0.2, 0.25) is 0 Å². The fraction of sp³-hybridized carbons (Fsp3) is 0.733. The number of hydrogen-bond acceptors (Lipinski definition) is 5. The van der Waals surface area contributed by atoms with E-state index in [1.165, 1.54) is 0 Å². The molecule has 2 atom stereocenters. The van der Waals surface area contributed by atoms with Crippen molar-refractivity contribution in [2.45, 2.75) is 50.5 Å². The minimum Gasteiger partial charge on any atom is -0.390 e. The molecule has 1 amide bonds. The van der Waals surface area contributed by atoms with E-state index in [0.717, 1.165) is 5.56 Å². The Morgan fingerprint density at radius 1 is 1.45 bits per heavy atom. The van der Waals surface area contributed by atoms with Crippen LogP contribution < -0.4 is 0 Å². The van der Waals surface area contributed by atoms with Crippen LogP contribution in [-0.2, 0) is 16.1 Å². The normalized spacial score (nSPS) is 28.0. The van der Waals surface area contributed by atoms with Crippen LogP contribution in [0.5, 0.6) is 0 Å². The third-order valence-corrected chi connectivity index (χ3v) is 4.73. The van der Waals surface area contributed by atoms with E-state index in [-0.39, 0.29) is 12.5 Å². The van der Waals surface area contributed by atoms with Gasteiger partial charge in [-0.3, -0.25) is 9.48 Å². The number of nitrogens with zero attached hydrogens (tertiary/aromatic N) is 3. The Morgan fingerprint density at radius 3 is 2.82 bits per heavy atom. The minimum atomic E-state index is -0.868. The summed E-state index contributed by atoms with van der Waals surface area (Å²) >= 11 is 0. The number of aliphatic hydroxyl groups is 2. The highest BCUT2D eigenvalue weighted by Crippen LogP contribution is 2.35. The lowest BCUT2D eigenvalue weighted by atomic mass is 9.80. The molecule has 0 radical (unpaired) electrons. The molecule has 2 aliphatic rings. The Hall–Kier alpha value is -1.44. The van der Waals surface area contributed by atoms with Gasteiger partial charge in [0, 0.05) is 19.3 Å². The largest absolute Gasteiger partial charge is 0.390 e. The first-order chi connectivity index (χ1) is 10.5. The summed E-state index contributed by atoms with van der Waals surface area (Å²) in [6.07, 6.45) is 3.53. The van der Waals surface area contributed by atoms with E-state index in [1.54, 1.807) is 15.8 Å². The average molecular weight is 309 g/mol. The molecule has 0 aliphatic carbocycles. The molecule has 0 saturated carbocycles. The fourth-order valence-corrected chi connectivity index (χ4v) is 3.34. The Labute approximate surface area is 129 Å². The van der Waals surface area contributed by atoms with Crippen molar-refractivity contribution >= 4 is 5.91 Å². The number of hydrogen-bond donors (Lipinski definition) is 2. The van der Waals surface area contributed by atoms with Crippen LogP contribution >= 0.6 is 0 Å². The maximum absolute atomic E-state index is 12.3. The number of carbonyl (C=O) groups excluding carboxylic acids is 1. The van der Waals surface area contributed by atoms with Crippen LogP contribution in [-0.4, -0.2) is 68.3 Å². The molecule has 0 bridgehead atoms. The van der Waals surface area contributed by atoms with Crippen LogP contribution in [0.25, 0.3) is 0 Å². The van der Waals surface area contributed by atoms with Gasteiger partial charge in [-0.25, -0.2) is 0 Å². The Bertz CT molecular complexity index is 537. The third kappa shape index (κ3) is 2.88. The van der Waals surface area contributed by atoms with Gasteiger partial charge in [-0.05, 0) is 31.7 Å². The lowest BCUT2D eigenvalue weighted by Crippen LogP contribution is -2.60. The number of carbonyl (C=O) groups is 1. The van der Waals surface area contributed by atoms with E-state index in [4.69, 9.17) is 4.74 Å². The van der Waals surface area contributed by atoms with Crippen molar-refractivity contribution in [1.82, 2.24) is 14.7 Å². The molecule has 22 heavy (non-hydrogen) atoms. The number of rotatable bonds is 2. The van der Waals surface area contributed by atoms with Crippen LogP contribution in [0.3, 0.4) is 0 Å². The first kappa shape index (κ1) is 15.5. The Balaban J connectivity index is 1.58. The molecule has 7 heteroatoms. The second kappa shape index (κ2) is 5.98. The molecular weight excluding hydrogens is 286 g/mol. The van der Waals surface area contributed by atoms with Gasteiger partial charge in [-0.15, -0.1) is 0 Å². The van der Waals surface area contributed by atoms with Gasteiger partial charge in [-0.1, -0.05) is 0 Å². The number of aromatic nitrogens is 2. The Kier molecular flexibility index (Phi) is 4.20. The summed E-state index contributed by atoms with van der Waals surface area (Å²) in [7, 11) is 0. The topological polar surface area (TPSA) is 87.8 Å². The molecule has 2 aliphatic heterocycles. The zero-order valence-corrected chi connectivity index (χ0v) is 12.8. The number of ether oxygens (including phenoxy) is 1. The van der Waals surface area contributed by atoms with E-state index in [1.807, 2.05) is 13.1 Å². The van der Waals surface area contributed by atoms with Crippen molar-refractivity contribution < 1.29 is 19.7 Å². The zero-order chi connectivity index (χ0) is 15.7. The molecule has 3 heterocycles. The molecule has 2 N–H and O–H groups in total. The van der Waals surface area contributed by atoms with Gasteiger partial charge in [-0.2, -0.15) is 5.10 Å². The maximum Gasteiger partial charge on any atom is 0.244 e. The third-order valence-electron chi connectivity index (χ3n) is 4.73. The van der Waals surface area contributed by atoms with E-state index in [0.29, 0.717) is 39.0 Å². The number of amides is 1. The van der Waals surface area contributed by atoms with Crippen molar-refractivity contribution in [3.05, 3.63) is 18.0 Å². The van der Waals surface area contributed by atoms with Crippen molar-refractivity contribution in [3.63, 3.8) is 0 Å². The number of aliphatic hydroxyl groups excluding tert-OH is 2. The summed E-state index contributed by atoms with van der Waals surface area (Å²) in [5, 5.41) is 24.2. The smallest absolute Gasteiger partial charge is 0.244 e. The SMILES string of the molecule is Cc1cnn(CC(=O)N2CCC3(CC2)OCC[C@H](O)[C@@H]3O)c1. The number of likely N-dealkylation sites (tertiary alicyclic amines) is 1. The van der Waals surface area contributed by atoms with Crippen LogP contribution in [0, 0.1) is 6.92 Å². The quantitative estimate of drug-likeness (QED) is 0.783. The summed E-state index contributed by atoms with van der Waals surface area (Å²) in [6, 6.07) is 0. The van der Waals surface area contributed by atoms with E-state index >= 15 is 0 Å². The predicted molar refractivity (Wildman–Crippen MR) is 78.1 cm³/mol. The summed E-state index contributed by atoms with van der Waals surface area (Å²) in [4.78, 5) is 14.1. The summed E-state index contributed by atoms with van der Waals surface area (Å²) in [6.45, 7) is 3.68. The first-order valence-electron chi connectivity index (χ1n) is 7.77. The second-order valence-corrected chi connectivity index (χ2v) is 6.31. The van der Waals surface area contributed by atoms with Gasteiger partial charge in [0.1, 0.15) is 12.6 Å². The second-order valence-electron chi connectivity index (χ2n) is 6.31. The molecule has 0 aromatic carbocycles. The molecule has 122 valence electrons. The van der Waals surface area contributed by atoms with Crippen molar-refractivity contribution in [2.75, 3.05) is 19.7 Å². The van der Waals surface area contributed by atoms with Gasteiger partial charge < -0.3 is 19.8 Å². The fourth-order valence-electron chi connectivity index (χ4n) is 3.34. The van der Waals surface area contributed by atoms with Crippen LogP contribution in [0.4, 0.5) is 0 Å². The van der Waals surface area contributed by atoms with Crippen LogP contribution in [0.15, 0.2) is 12.4 Å². The molecule has 7 nitrogen and oxygen atoms in total. The number of aryl methyl sites for hydroxylation is 1. The molecular formula is C15H23N3O4. The predicted octanol–water partition coefficient (Wildman–Crippen LogP) is -0.305. The van der Waals surface area contributed by atoms with Crippen molar-refractivity contribution in [2.24, 2.45) is 0 Å². The van der Waals surface area contributed by atoms with Gasteiger partial charge >= 0.3 is 0 Å². The maximum atomic E-state index is 12.3. The summed E-state index contributed by atoms with van der Waals surface area (Å²) < 4.78 is 7.41. The highest BCUT2D eigenvalue weighted by molar-refractivity contribution is 5.76. The van der Waals surface area contributed by atoms with Crippen LogP contribution in [0.1, 0.15) is 24.8 Å². The molecule has 1 aromatic rings. The lowest BCUT2D eigenvalue weighted by molar-refractivity contribution is -0.214. The van der Waals surface area contributed by atoms with E-state index in [2.05, 4.69) is 5.10 Å². The van der Waals surface area contributed by atoms with Gasteiger partial charge in [0.15, 0.2) is 0 Å². The monoisotopic (exact) mass is 309 g/mol. The minimum absolute atomic E-state index is 0.0174. The molecule has 1 aromatic heterocycles. The van der Waals surface area contributed by atoms with E-state index in [9.17, 15) is 15.0 Å². The first-order valence-corrected chi connectivity index (χ1v) is 7.77. The molecule has 2 fully saturated rings. The molecule has 0 unspecified atom stereocenters. The standard InChI is InChI=1S/C15H23N3O4/c1-11-8-16-18(9-11)10-13(20)17-5-3-15(4-6-17)14(21)12(19)2-7-22-15/h8-9,12,14,19,21H,2-7,10H2,1H3/t12-,14-/m0/s1. The molecule has 2 saturated heterocycles. The summed E-state index contributed by atoms with van der Waals surface area (Å²) in [5.74, 6) is 0.0174. The molecule has 3 rings (SSSR count). The summed E-state index contributed by atoms with van der Waals surface area (Å²) in [5.41, 5.74) is 0.328. The van der Waals surface area contributed by atoms with Crippen molar-refractivity contribution in [1.29, 1.82) is 0 Å². The zero-order valence-electron chi connectivity index (χ0n) is 12.8. The van der Waals surface area contributed by atoms with E-state index < -0.39 is 17.8 Å². The number of piperidine rings is 1. The van der Waals surface area contributed by atoms with Crippen molar-refractivity contribution in [3.8, 4) is 0 Å². The average Bonchev–Trinajstić information content (AvgIpc) is 2.90. The highest BCUT2D eigenvalue weighted by atomic mass is 16.5.